The average Bonchev–Trinajstić information content (AvgIpc) is 3.56. The third kappa shape index (κ3) is 4.35. The Bertz CT molecular complexity index is 1430. The number of nitrogens with one attached hydrogen (secondary N) is 2. The van der Waals surface area contributed by atoms with Gasteiger partial charge in [0, 0.05) is 37.3 Å². The molecule has 0 spiro atoms. The predicted molar refractivity (Wildman–Crippen MR) is 138 cm³/mol. The van der Waals surface area contributed by atoms with Crippen molar-refractivity contribution in [3.63, 3.8) is 0 Å². The van der Waals surface area contributed by atoms with Crippen molar-refractivity contribution < 1.29 is 14.3 Å². The molecule has 2 fully saturated rings. The van der Waals surface area contributed by atoms with Gasteiger partial charge in [-0.15, -0.1) is 11.3 Å². The molecule has 0 aliphatic carbocycles. The number of nitrogens with zero attached hydrogens (tertiary/aromatic N) is 4. The van der Waals surface area contributed by atoms with Crippen LogP contribution in [0.3, 0.4) is 0 Å². The number of thiazole rings is 1. The van der Waals surface area contributed by atoms with E-state index >= 15 is 0 Å². The fraction of sp³-hybridized carbons (Fsp3) is 0.423. The van der Waals surface area contributed by atoms with E-state index in [2.05, 4.69) is 45.6 Å². The number of ether oxygens (including phenoxy) is 1. The van der Waals surface area contributed by atoms with E-state index in [1.54, 1.807) is 28.6 Å². The van der Waals surface area contributed by atoms with Gasteiger partial charge in [-0.2, -0.15) is 5.10 Å². The maximum atomic E-state index is 13.4. The summed E-state index contributed by atoms with van der Waals surface area (Å²) < 4.78 is 6.66. The summed E-state index contributed by atoms with van der Waals surface area (Å²) >= 11 is 1.75. The average molecular weight is 505 g/mol. The van der Waals surface area contributed by atoms with Gasteiger partial charge in [-0.05, 0) is 49.3 Å². The first kappa shape index (κ1) is 23.1. The van der Waals surface area contributed by atoms with Crippen molar-refractivity contribution in [3.05, 3.63) is 47.4 Å². The number of amides is 2. The first-order valence-corrected chi connectivity index (χ1v) is 13.3. The van der Waals surface area contributed by atoms with Gasteiger partial charge in [-0.1, -0.05) is 13.0 Å². The number of hydrogen-bond donors (Lipinski definition) is 2. The van der Waals surface area contributed by atoms with Crippen LogP contribution in [0.1, 0.15) is 55.1 Å². The van der Waals surface area contributed by atoms with Crippen molar-refractivity contribution in [2.75, 3.05) is 25.1 Å². The topological polar surface area (TPSA) is 113 Å². The second kappa shape index (κ2) is 9.59. The highest BCUT2D eigenvalue weighted by atomic mass is 32.1. The number of aromatic amines is 1. The minimum Gasteiger partial charge on any atom is -0.381 e. The second-order valence-corrected chi connectivity index (χ2v) is 10.9. The van der Waals surface area contributed by atoms with Crippen LogP contribution in [0.4, 0.5) is 5.69 Å². The quantitative estimate of drug-likeness (QED) is 0.400. The Morgan fingerprint density at radius 2 is 2.00 bits per heavy atom. The SMILES string of the molecule is C[C@H]1CCC(c2ccc3sc(C4CCOCC4)nc3c2)N(C(=O)C(=O)Nc2cncc3cn[nH]c23)C1. The Balaban J connectivity index is 1.25. The summed E-state index contributed by atoms with van der Waals surface area (Å²) in [6.07, 6.45) is 8.62. The van der Waals surface area contributed by atoms with Crippen molar-refractivity contribution in [1.82, 2.24) is 25.1 Å². The monoisotopic (exact) mass is 504 g/mol. The maximum Gasteiger partial charge on any atom is 0.314 e. The van der Waals surface area contributed by atoms with Crippen LogP contribution in [-0.4, -0.2) is 56.6 Å². The highest BCUT2D eigenvalue weighted by Crippen LogP contribution is 2.38. The number of aromatic nitrogens is 4. The molecule has 186 valence electrons. The number of likely N-dealkylation sites (tertiary alicyclic amines) is 1. The number of fused-ring (bicyclic) bond motifs is 2. The lowest BCUT2D eigenvalue weighted by Crippen LogP contribution is -2.46. The van der Waals surface area contributed by atoms with E-state index in [0.29, 0.717) is 29.6 Å². The number of carbonyl (C=O) groups excluding carboxylic acids is 2. The van der Waals surface area contributed by atoms with E-state index in [4.69, 9.17) is 9.72 Å². The van der Waals surface area contributed by atoms with Crippen LogP contribution >= 0.6 is 11.3 Å². The van der Waals surface area contributed by atoms with Gasteiger partial charge in [0.15, 0.2) is 0 Å². The summed E-state index contributed by atoms with van der Waals surface area (Å²) in [4.78, 5) is 37.3. The molecule has 2 aliphatic rings. The standard InChI is InChI=1S/C26H28N6O3S/c1-15-2-4-21(17-3-5-22-19(10-17)30-25(36-22)16-6-8-35-9-7-16)32(14-15)26(34)24(33)29-20-13-27-11-18-12-28-31-23(18)20/h3,5,10-13,15-16,21H,2,4,6-9,14H2,1H3,(H,28,31)(H,29,33)/t15-,21?/m0/s1. The summed E-state index contributed by atoms with van der Waals surface area (Å²) in [6, 6.07) is 6.12. The summed E-state index contributed by atoms with van der Waals surface area (Å²) in [5.41, 5.74) is 3.07. The number of carbonyl (C=O) groups is 2. The molecule has 2 saturated heterocycles. The number of anilines is 1. The van der Waals surface area contributed by atoms with Gasteiger partial charge in [0.2, 0.25) is 0 Å². The van der Waals surface area contributed by atoms with Crippen LogP contribution in [-0.2, 0) is 14.3 Å². The lowest BCUT2D eigenvalue weighted by atomic mass is 9.89. The summed E-state index contributed by atoms with van der Waals surface area (Å²) in [5, 5.41) is 11.5. The Hall–Kier alpha value is -3.37. The molecule has 5 heterocycles. The highest BCUT2D eigenvalue weighted by molar-refractivity contribution is 7.18. The van der Waals surface area contributed by atoms with E-state index in [1.807, 2.05) is 0 Å². The van der Waals surface area contributed by atoms with Crippen LogP contribution in [0, 0.1) is 5.92 Å². The minimum absolute atomic E-state index is 0.168. The van der Waals surface area contributed by atoms with Crippen molar-refractivity contribution in [1.29, 1.82) is 0 Å². The zero-order valence-electron chi connectivity index (χ0n) is 20.1. The number of rotatable bonds is 3. The van der Waals surface area contributed by atoms with Gasteiger partial charge in [0.05, 0.1) is 44.9 Å². The van der Waals surface area contributed by atoms with Crippen molar-refractivity contribution in [2.45, 2.75) is 44.6 Å². The molecule has 6 rings (SSSR count). The number of H-pyrrole nitrogens is 1. The molecule has 2 N–H and O–H groups in total. The first-order valence-electron chi connectivity index (χ1n) is 12.4. The lowest BCUT2D eigenvalue weighted by Gasteiger charge is -2.38. The third-order valence-corrected chi connectivity index (χ3v) is 8.46. The molecule has 4 aromatic rings. The van der Waals surface area contributed by atoms with Crippen LogP contribution in [0.2, 0.25) is 0 Å². The molecular formula is C26H28N6O3S. The molecule has 1 aromatic carbocycles. The number of piperidine rings is 1. The zero-order chi connectivity index (χ0) is 24.6. The van der Waals surface area contributed by atoms with Gasteiger partial charge in [-0.3, -0.25) is 19.7 Å². The Morgan fingerprint density at radius 3 is 2.86 bits per heavy atom. The van der Waals surface area contributed by atoms with Crippen LogP contribution in [0.25, 0.3) is 21.1 Å². The Kier molecular flexibility index (Phi) is 6.14. The van der Waals surface area contributed by atoms with Crippen molar-refractivity contribution in [3.8, 4) is 0 Å². The predicted octanol–water partition coefficient (Wildman–Crippen LogP) is 4.40. The van der Waals surface area contributed by atoms with Crippen LogP contribution in [0.5, 0.6) is 0 Å². The van der Waals surface area contributed by atoms with Gasteiger partial charge >= 0.3 is 11.8 Å². The smallest absolute Gasteiger partial charge is 0.314 e. The normalized spacial score (nSPS) is 21.2. The fourth-order valence-electron chi connectivity index (χ4n) is 5.28. The Labute approximate surface area is 212 Å². The molecule has 2 amide bonds. The van der Waals surface area contributed by atoms with Crippen molar-refractivity contribution in [2.24, 2.45) is 5.92 Å². The molecule has 0 bridgehead atoms. The molecule has 10 heteroatoms. The van der Waals surface area contributed by atoms with Gasteiger partial charge in [0.25, 0.3) is 0 Å². The molecule has 2 atom stereocenters. The molecule has 0 saturated carbocycles. The molecule has 9 nitrogen and oxygen atoms in total. The Morgan fingerprint density at radius 1 is 1.14 bits per heavy atom. The minimum atomic E-state index is -0.672. The fourth-order valence-corrected chi connectivity index (χ4v) is 6.40. The van der Waals surface area contributed by atoms with Gasteiger partial charge in [-0.25, -0.2) is 4.98 Å². The maximum absolute atomic E-state index is 13.4. The number of hydrogen-bond acceptors (Lipinski definition) is 7. The molecule has 0 radical (unpaired) electrons. The molecule has 1 unspecified atom stereocenters. The molecule has 2 aliphatic heterocycles. The van der Waals surface area contributed by atoms with E-state index < -0.39 is 11.8 Å². The third-order valence-electron chi connectivity index (χ3n) is 7.26. The molecule has 3 aromatic heterocycles. The molecular weight excluding hydrogens is 476 g/mol. The molecule has 36 heavy (non-hydrogen) atoms. The largest absolute Gasteiger partial charge is 0.381 e. The van der Waals surface area contributed by atoms with Crippen molar-refractivity contribution >= 4 is 50.0 Å². The first-order chi connectivity index (χ1) is 17.6. The zero-order valence-corrected chi connectivity index (χ0v) is 20.9. The van der Waals surface area contributed by atoms with Crippen LogP contribution < -0.4 is 5.32 Å². The number of benzene rings is 1. The summed E-state index contributed by atoms with van der Waals surface area (Å²) in [7, 11) is 0. The lowest BCUT2D eigenvalue weighted by molar-refractivity contribution is -0.146. The van der Waals surface area contributed by atoms with E-state index in [9.17, 15) is 9.59 Å². The number of pyridine rings is 1. The summed E-state index contributed by atoms with van der Waals surface area (Å²) in [6.45, 7) is 4.23. The second-order valence-electron chi connectivity index (χ2n) is 9.80. The van der Waals surface area contributed by atoms with E-state index in [1.165, 1.54) is 6.20 Å². The van der Waals surface area contributed by atoms with Gasteiger partial charge in [0.1, 0.15) is 0 Å². The van der Waals surface area contributed by atoms with Crippen LogP contribution in [0.15, 0.2) is 36.8 Å². The highest BCUT2D eigenvalue weighted by Gasteiger charge is 2.35. The van der Waals surface area contributed by atoms with E-state index in [0.717, 1.165) is 65.1 Å². The van der Waals surface area contributed by atoms with E-state index in [-0.39, 0.29) is 6.04 Å². The summed E-state index contributed by atoms with van der Waals surface area (Å²) in [5.74, 6) is -0.441. The van der Waals surface area contributed by atoms with Gasteiger partial charge < -0.3 is 15.0 Å².